The van der Waals surface area contributed by atoms with E-state index < -0.39 is 0 Å². The summed E-state index contributed by atoms with van der Waals surface area (Å²) in [6, 6.07) is 0. The molecule has 17 heavy (non-hydrogen) atoms. The third kappa shape index (κ3) is 3.42. The summed E-state index contributed by atoms with van der Waals surface area (Å²) in [5.41, 5.74) is 0. The van der Waals surface area contributed by atoms with Crippen molar-refractivity contribution in [3.63, 3.8) is 0 Å². The molecule has 2 rings (SSSR count). The predicted molar refractivity (Wildman–Crippen MR) is 67.2 cm³/mol. The van der Waals surface area contributed by atoms with Crippen molar-refractivity contribution in [2.45, 2.75) is 58.1 Å². The fourth-order valence-electron chi connectivity index (χ4n) is 2.31. The number of hydrogen-bond acceptors (Lipinski definition) is 3. The number of aromatic nitrogens is 3. The largest absolute Gasteiger partial charge is 0.376 e. The second-order valence-electron chi connectivity index (χ2n) is 4.56. The molecule has 1 aromatic heterocycles. The van der Waals surface area contributed by atoms with E-state index in [4.69, 9.17) is 16.3 Å². The highest BCUT2D eigenvalue weighted by molar-refractivity contribution is 6.28. The SMILES string of the molecule is CCCc1nnc(Cl)n1CCOC1CCCC1. The Morgan fingerprint density at radius 3 is 2.82 bits per heavy atom. The van der Waals surface area contributed by atoms with Gasteiger partial charge in [-0.2, -0.15) is 0 Å². The van der Waals surface area contributed by atoms with Gasteiger partial charge in [0.1, 0.15) is 5.82 Å². The first-order chi connectivity index (χ1) is 8.31. The van der Waals surface area contributed by atoms with Crippen LogP contribution in [-0.4, -0.2) is 27.5 Å². The Bertz CT molecular complexity index is 348. The van der Waals surface area contributed by atoms with Crippen molar-refractivity contribution in [1.82, 2.24) is 14.8 Å². The van der Waals surface area contributed by atoms with E-state index in [9.17, 15) is 0 Å². The standard InChI is InChI=1S/C12H20ClN3O/c1-2-5-11-14-15-12(13)16(11)8-9-17-10-6-3-4-7-10/h10H,2-9H2,1H3. The number of halogens is 1. The number of nitrogens with zero attached hydrogens (tertiary/aromatic N) is 3. The van der Waals surface area contributed by atoms with Crippen LogP contribution >= 0.6 is 11.6 Å². The van der Waals surface area contributed by atoms with Crippen LogP contribution in [0.3, 0.4) is 0 Å². The molecule has 0 atom stereocenters. The minimum Gasteiger partial charge on any atom is -0.376 e. The Kier molecular flexibility index (Phi) is 4.80. The molecule has 0 bridgehead atoms. The van der Waals surface area contributed by atoms with Gasteiger partial charge in [0.2, 0.25) is 5.28 Å². The molecule has 1 heterocycles. The topological polar surface area (TPSA) is 39.9 Å². The zero-order valence-electron chi connectivity index (χ0n) is 10.4. The lowest BCUT2D eigenvalue weighted by Gasteiger charge is -2.12. The van der Waals surface area contributed by atoms with Crippen LogP contribution in [0.4, 0.5) is 0 Å². The Morgan fingerprint density at radius 1 is 1.35 bits per heavy atom. The fourth-order valence-corrected chi connectivity index (χ4v) is 2.53. The first kappa shape index (κ1) is 12.8. The maximum absolute atomic E-state index is 6.01. The molecule has 1 aliphatic carbocycles. The van der Waals surface area contributed by atoms with Crippen LogP contribution in [0.2, 0.25) is 5.28 Å². The van der Waals surface area contributed by atoms with Crippen LogP contribution in [0.25, 0.3) is 0 Å². The molecule has 1 aliphatic rings. The van der Waals surface area contributed by atoms with E-state index in [0.29, 0.717) is 18.0 Å². The highest BCUT2D eigenvalue weighted by Crippen LogP contribution is 2.21. The second-order valence-corrected chi connectivity index (χ2v) is 4.90. The van der Waals surface area contributed by atoms with Gasteiger partial charge in [-0.1, -0.05) is 19.8 Å². The van der Waals surface area contributed by atoms with E-state index >= 15 is 0 Å². The summed E-state index contributed by atoms with van der Waals surface area (Å²) in [5, 5.41) is 8.47. The number of ether oxygens (including phenoxy) is 1. The second kappa shape index (κ2) is 6.36. The van der Waals surface area contributed by atoms with Crippen molar-refractivity contribution < 1.29 is 4.74 Å². The molecule has 0 spiro atoms. The molecular formula is C12H20ClN3O. The van der Waals surface area contributed by atoms with Crippen LogP contribution in [0, 0.1) is 0 Å². The van der Waals surface area contributed by atoms with Crippen molar-refractivity contribution in [2.75, 3.05) is 6.61 Å². The van der Waals surface area contributed by atoms with Gasteiger partial charge in [0.05, 0.1) is 19.3 Å². The van der Waals surface area contributed by atoms with Crippen LogP contribution in [0.1, 0.15) is 44.9 Å². The highest BCUT2D eigenvalue weighted by Gasteiger charge is 2.15. The fraction of sp³-hybridized carbons (Fsp3) is 0.833. The minimum absolute atomic E-state index is 0.458. The normalized spacial score (nSPS) is 16.8. The van der Waals surface area contributed by atoms with E-state index in [1.54, 1.807) is 0 Å². The molecule has 1 aromatic rings. The summed E-state index contributed by atoms with van der Waals surface area (Å²) in [6.45, 7) is 3.60. The zero-order valence-corrected chi connectivity index (χ0v) is 11.1. The molecule has 5 heteroatoms. The summed E-state index contributed by atoms with van der Waals surface area (Å²) in [6.07, 6.45) is 7.45. The van der Waals surface area contributed by atoms with Gasteiger partial charge in [-0.3, -0.25) is 4.57 Å². The van der Waals surface area contributed by atoms with Crippen LogP contribution in [0.15, 0.2) is 0 Å². The quantitative estimate of drug-likeness (QED) is 0.787. The minimum atomic E-state index is 0.458. The van der Waals surface area contributed by atoms with Gasteiger partial charge in [-0.25, -0.2) is 0 Å². The molecule has 1 fully saturated rings. The lowest BCUT2D eigenvalue weighted by molar-refractivity contribution is 0.0526. The molecular weight excluding hydrogens is 238 g/mol. The lowest BCUT2D eigenvalue weighted by Crippen LogP contribution is -2.14. The lowest BCUT2D eigenvalue weighted by atomic mass is 10.3. The van der Waals surface area contributed by atoms with Crippen LogP contribution < -0.4 is 0 Å². The Hall–Kier alpha value is -0.610. The van der Waals surface area contributed by atoms with Gasteiger partial charge in [-0.15, -0.1) is 10.2 Å². The molecule has 96 valence electrons. The van der Waals surface area contributed by atoms with E-state index in [1.807, 2.05) is 4.57 Å². The molecule has 0 unspecified atom stereocenters. The molecule has 0 radical (unpaired) electrons. The van der Waals surface area contributed by atoms with Crippen molar-refractivity contribution in [3.8, 4) is 0 Å². The van der Waals surface area contributed by atoms with Gasteiger partial charge < -0.3 is 4.74 Å². The summed E-state index contributed by atoms with van der Waals surface area (Å²) < 4.78 is 7.79. The van der Waals surface area contributed by atoms with E-state index in [1.165, 1.54) is 25.7 Å². The third-order valence-corrected chi connectivity index (χ3v) is 3.51. The summed E-state index contributed by atoms with van der Waals surface area (Å²) >= 11 is 6.01. The van der Waals surface area contributed by atoms with Crippen molar-refractivity contribution >= 4 is 11.6 Å². The molecule has 0 aromatic carbocycles. The predicted octanol–water partition coefficient (Wildman–Crippen LogP) is 2.84. The van der Waals surface area contributed by atoms with Crippen molar-refractivity contribution in [2.24, 2.45) is 0 Å². The van der Waals surface area contributed by atoms with Gasteiger partial charge in [-0.05, 0) is 30.9 Å². The molecule has 4 nitrogen and oxygen atoms in total. The average Bonchev–Trinajstić information content (AvgIpc) is 2.93. The monoisotopic (exact) mass is 257 g/mol. The summed E-state index contributed by atoms with van der Waals surface area (Å²) in [5.74, 6) is 0.965. The Morgan fingerprint density at radius 2 is 2.12 bits per heavy atom. The Labute approximate surface area is 107 Å². The smallest absolute Gasteiger partial charge is 0.225 e. The third-order valence-electron chi connectivity index (χ3n) is 3.23. The van der Waals surface area contributed by atoms with Crippen molar-refractivity contribution in [3.05, 3.63) is 11.1 Å². The first-order valence-corrected chi connectivity index (χ1v) is 6.88. The molecule has 0 saturated heterocycles. The van der Waals surface area contributed by atoms with Crippen molar-refractivity contribution in [1.29, 1.82) is 0 Å². The average molecular weight is 258 g/mol. The van der Waals surface area contributed by atoms with Gasteiger partial charge in [0, 0.05) is 6.42 Å². The van der Waals surface area contributed by atoms with Crippen LogP contribution in [-0.2, 0) is 17.7 Å². The summed E-state index contributed by atoms with van der Waals surface area (Å²) in [4.78, 5) is 0. The van der Waals surface area contributed by atoms with E-state index in [2.05, 4.69) is 17.1 Å². The first-order valence-electron chi connectivity index (χ1n) is 6.50. The highest BCUT2D eigenvalue weighted by atomic mass is 35.5. The maximum Gasteiger partial charge on any atom is 0.225 e. The van der Waals surface area contributed by atoms with Crippen LogP contribution in [0.5, 0.6) is 0 Å². The molecule has 1 saturated carbocycles. The molecule has 0 aliphatic heterocycles. The zero-order chi connectivity index (χ0) is 12.1. The van der Waals surface area contributed by atoms with E-state index in [-0.39, 0.29) is 0 Å². The number of hydrogen-bond donors (Lipinski definition) is 0. The Balaban J connectivity index is 1.82. The van der Waals surface area contributed by atoms with Gasteiger partial charge in [0.15, 0.2) is 0 Å². The maximum atomic E-state index is 6.01. The number of rotatable bonds is 6. The molecule has 0 amide bonds. The van der Waals surface area contributed by atoms with Gasteiger partial charge in [0.25, 0.3) is 0 Å². The summed E-state index contributed by atoms with van der Waals surface area (Å²) in [7, 11) is 0. The van der Waals surface area contributed by atoms with Gasteiger partial charge >= 0.3 is 0 Å². The van der Waals surface area contributed by atoms with E-state index in [0.717, 1.165) is 25.2 Å². The molecule has 0 N–H and O–H groups in total. The number of aryl methyl sites for hydroxylation is 1.